The summed E-state index contributed by atoms with van der Waals surface area (Å²) in [6.45, 7) is 2.62. The highest BCUT2D eigenvalue weighted by Crippen LogP contribution is 2.30. The Hall–Kier alpha value is -3.10. The molecule has 0 aliphatic carbocycles. The maximum atomic E-state index is 6.22. The third-order valence-corrected chi connectivity index (χ3v) is 6.52. The number of rotatable bonds is 14. The fourth-order valence-corrected chi connectivity index (χ4v) is 4.66. The van der Waals surface area contributed by atoms with Crippen LogP contribution in [0, 0.1) is 0 Å². The summed E-state index contributed by atoms with van der Waals surface area (Å²) in [5.41, 5.74) is 2.19. The first kappa shape index (κ1) is 24.0. The second-order valence-corrected chi connectivity index (χ2v) is 8.93. The molecule has 4 aromatic rings. The van der Waals surface area contributed by atoms with Gasteiger partial charge in [0.15, 0.2) is 11.0 Å². The van der Waals surface area contributed by atoms with Gasteiger partial charge in [-0.05, 0) is 30.5 Å². The molecule has 0 unspecified atom stereocenters. The van der Waals surface area contributed by atoms with E-state index in [2.05, 4.69) is 38.1 Å². The van der Waals surface area contributed by atoms with Crippen molar-refractivity contribution in [3.63, 3.8) is 0 Å². The summed E-state index contributed by atoms with van der Waals surface area (Å²) < 4.78 is 15.6. The molecule has 0 atom stereocenters. The smallest absolute Gasteiger partial charge is 0.191 e. The van der Waals surface area contributed by atoms with Gasteiger partial charge in [0.1, 0.15) is 12.4 Å². The summed E-state index contributed by atoms with van der Waals surface area (Å²) in [6, 6.07) is 20.3. The molecule has 0 aliphatic rings. The van der Waals surface area contributed by atoms with E-state index in [-0.39, 0.29) is 0 Å². The van der Waals surface area contributed by atoms with Crippen LogP contribution >= 0.6 is 11.8 Å². The zero-order valence-corrected chi connectivity index (χ0v) is 20.4. The average Bonchev–Trinajstić information content (AvgIpc) is 3.54. The van der Waals surface area contributed by atoms with Gasteiger partial charge in [-0.1, -0.05) is 66.7 Å². The Kier molecular flexibility index (Phi) is 9.16. The fraction of sp³-hybridized carbons (Fsp3) is 0.346. The number of hydrogen-bond donors (Lipinski definition) is 0. The minimum Gasteiger partial charge on any atom is -0.485 e. The molecule has 0 saturated carbocycles. The largest absolute Gasteiger partial charge is 0.485 e. The van der Waals surface area contributed by atoms with Gasteiger partial charge >= 0.3 is 0 Å². The van der Waals surface area contributed by atoms with Crippen LogP contribution < -0.4 is 4.74 Å². The minimum atomic E-state index is 0.352. The van der Waals surface area contributed by atoms with Crippen LogP contribution in [0.4, 0.5) is 0 Å². The van der Waals surface area contributed by atoms with E-state index in [4.69, 9.17) is 9.47 Å². The van der Waals surface area contributed by atoms with Crippen molar-refractivity contribution in [2.24, 2.45) is 0 Å². The Morgan fingerprint density at radius 1 is 0.882 bits per heavy atom. The molecule has 4 rings (SSSR count). The second kappa shape index (κ2) is 13.0. The summed E-state index contributed by atoms with van der Waals surface area (Å²) in [5, 5.41) is 14.1. The van der Waals surface area contributed by atoms with E-state index in [1.807, 2.05) is 59.5 Å². The van der Waals surface area contributed by atoms with Gasteiger partial charge in [-0.15, -0.1) is 10.2 Å². The summed E-state index contributed by atoms with van der Waals surface area (Å²) in [4.78, 5) is 0. The van der Waals surface area contributed by atoms with Crippen molar-refractivity contribution in [1.82, 2.24) is 24.5 Å². The molecule has 0 fully saturated rings. The Bertz CT molecular complexity index is 1120. The first-order valence-electron chi connectivity index (χ1n) is 11.6. The van der Waals surface area contributed by atoms with E-state index >= 15 is 0 Å². The van der Waals surface area contributed by atoms with E-state index in [0.29, 0.717) is 19.8 Å². The van der Waals surface area contributed by atoms with Crippen molar-refractivity contribution in [3.05, 3.63) is 78.9 Å². The van der Waals surface area contributed by atoms with E-state index in [0.717, 1.165) is 59.4 Å². The highest BCUT2D eigenvalue weighted by molar-refractivity contribution is 7.99. The van der Waals surface area contributed by atoms with Crippen LogP contribution in [0.25, 0.3) is 11.1 Å². The summed E-state index contributed by atoms with van der Waals surface area (Å²) >= 11 is 1.74. The zero-order chi connectivity index (χ0) is 23.4. The minimum absolute atomic E-state index is 0.352. The van der Waals surface area contributed by atoms with Crippen LogP contribution in [-0.4, -0.2) is 44.0 Å². The van der Waals surface area contributed by atoms with Crippen LogP contribution in [0.1, 0.15) is 25.1 Å². The lowest BCUT2D eigenvalue weighted by molar-refractivity contribution is 0.181. The molecule has 0 N–H and O–H groups in total. The third-order valence-electron chi connectivity index (χ3n) is 5.46. The number of aryl methyl sites for hydroxylation is 1. The van der Waals surface area contributed by atoms with Gasteiger partial charge in [-0.3, -0.25) is 4.68 Å². The average molecular weight is 478 g/mol. The van der Waals surface area contributed by atoms with Gasteiger partial charge in [0, 0.05) is 43.9 Å². The number of thioether (sulfide) groups is 1. The normalized spacial score (nSPS) is 11.1. The van der Waals surface area contributed by atoms with E-state index in [1.165, 1.54) is 0 Å². The maximum absolute atomic E-state index is 6.22. The Morgan fingerprint density at radius 2 is 1.74 bits per heavy atom. The molecule has 178 valence electrons. The van der Waals surface area contributed by atoms with Crippen molar-refractivity contribution < 1.29 is 9.47 Å². The molecule has 2 heterocycles. The fourth-order valence-electron chi connectivity index (χ4n) is 3.68. The van der Waals surface area contributed by atoms with Gasteiger partial charge in [0.05, 0.1) is 6.61 Å². The lowest BCUT2D eigenvalue weighted by atomic mass is 10.1. The topological polar surface area (TPSA) is 67.0 Å². The lowest BCUT2D eigenvalue weighted by Gasteiger charge is -2.13. The molecule has 8 heteroatoms. The van der Waals surface area contributed by atoms with Gasteiger partial charge in [0.25, 0.3) is 0 Å². The predicted octanol–water partition coefficient (Wildman–Crippen LogP) is 5.33. The zero-order valence-electron chi connectivity index (χ0n) is 19.5. The van der Waals surface area contributed by atoms with Crippen molar-refractivity contribution in [2.75, 3.05) is 19.5 Å². The number of methoxy groups -OCH3 is 1. The van der Waals surface area contributed by atoms with Crippen LogP contribution in [-0.2, 0) is 24.4 Å². The van der Waals surface area contributed by atoms with Crippen molar-refractivity contribution in [2.45, 2.75) is 44.1 Å². The highest BCUT2D eigenvalue weighted by atomic mass is 32.2. The van der Waals surface area contributed by atoms with Gasteiger partial charge in [-0.2, -0.15) is 5.10 Å². The van der Waals surface area contributed by atoms with Crippen molar-refractivity contribution >= 4 is 11.8 Å². The van der Waals surface area contributed by atoms with Crippen LogP contribution in [0.3, 0.4) is 0 Å². The molecule has 0 saturated heterocycles. The Morgan fingerprint density at radius 3 is 2.56 bits per heavy atom. The molecule has 0 radical (unpaired) electrons. The summed E-state index contributed by atoms with van der Waals surface area (Å²) in [5.74, 6) is 2.64. The van der Waals surface area contributed by atoms with Crippen molar-refractivity contribution in [1.29, 1.82) is 0 Å². The SMILES string of the molecule is COCCn1c(COc2ccccc2-c2ccccc2)nnc1SCCCCCn1cccn1. The third kappa shape index (κ3) is 6.71. The van der Waals surface area contributed by atoms with E-state index in [9.17, 15) is 0 Å². The molecule has 2 aromatic carbocycles. The molecule has 7 nitrogen and oxygen atoms in total. The quantitative estimate of drug-likeness (QED) is 0.181. The molecular formula is C26H31N5O2S. The first-order chi connectivity index (χ1) is 16.8. The number of unbranched alkanes of at least 4 members (excludes halogenated alkanes) is 2. The Balaban J connectivity index is 1.34. The maximum Gasteiger partial charge on any atom is 0.191 e. The highest BCUT2D eigenvalue weighted by Gasteiger charge is 2.14. The lowest BCUT2D eigenvalue weighted by Crippen LogP contribution is -2.12. The number of hydrogen-bond acceptors (Lipinski definition) is 6. The molecule has 0 bridgehead atoms. The molecule has 0 spiro atoms. The van der Waals surface area contributed by atoms with Gasteiger partial charge < -0.3 is 14.0 Å². The monoisotopic (exact) mass is 477 g/mol. The summed E-state index contributed by atoms with van der Waals surface area (Å²) in [6.07, 6.45) is 7.24. The van der Waals surface area contributed by atoms with Gasteiger partial charge in [-0.25, -0.2) is 0 Å². The standard InChI is InChI=1S/C26H31N5O2S/c1-32-19-18-31-25(21-33-24-14-7-6-13-23(24)22-11-4-2-5-12-22)28-29-26(31)34-20-9-3-8-16-30-17-10-15-27-30/h2,4-7,10-15,17H,3,8-9,16,18-21H2,1H3. The second-order valence-electron chi connectivity index (χ2n) is 7.87. The molecular weight excluding hydrogens is 446 g/mol. The molecule has 0 aliphatic heterocycles. The predicted molar refractivity (Wildman–Crippen MR) is 135 cm³/mol. The van der Waals surface area contributed by atoms with E-state index < -0.39 is 0 Å². The first-order valence-corrected chi connectivity index (χ1v) is 12.6. The summed E-state index contributed by atoms with van der Waals surface area (Å²) in [7, 11) is 1.71. The number of para-hydroxylation sites is 1. The van der Waals surface area contributed by atoms with Crippen LogP contribution in [0.5, 0.6) is 5.75 Å². The molecule has 2 aromatic heterocycles. The van der Waals surface area contributed by atoms with Gasteiger partial charge in [0.2, 0.25) is 0 Å². The number of aromatic nitrogens is 5. The number of ether oxygens (including phenoxy) is 2. The molecule has 0 amide bonds. The van der Waals surface area contributed by atoms with Crippen molar-refractivity contribution in [3.8, 4) is 16.9 Å². The van der Waals surface area contributed by atoms with Crippen LogP contribution in [0.15, 0.2) is 78.2 Å². The van der Waals surface area contributed by atoms with E-state index in [1.54, 1.807) is 18.9 Å². The number of nitrogens with zero attached hydrogens (tertiary/aromatic N) is 5. The Labute approximate surface area is 205 Å². The molecule has 34 heavy (non-hydrogen) atoms. The number of benzene rings is 2. The van der Waals surface area contributed by atoms with Crippen LogP contribution in [0.2, 0.25) is 0 Å².